The van der Waals surface area contributed by atoms with E-state index in [1.54, 1.807) is 36.2 Å². The average molecular weight is 360 g/mol. The molecule has 2 amide bonds. The summed E-state index contributed by atoms with van der Waals surface area (Å²) >= 11 is 0. The third-order valence-corrected chi connectivity index (χ3v) is 4.46. The zero-order valence-electron chi connectivity index (χ0n) is 14.6. The van der Waals surface area contributed by atoms with Crippen LogP contribution in [0, 0.1) is 17.6 Å². The van der Waals surface area contributed by atoms with Crippen LogP contribution < -0.4 is 10.1 Å². The minimum atomic E-state index is -0.319. The van der Waals surface area contributed by atoms with Crippen molar-refractivity contribution in [2.45, 2.75) is 18.9 Å². The van der Waals surface area contributed by atoms with Gasteiger partial charge in [0.25, 0.3) is 0 Å². The fourth-order valence-corrected chi connectivity index (χ4v) is 2.75. The number of carbonyl (C=O) groups excluding carboxylic acids is 1. The van der Waals surface area contributed by atoms with Gasteiger partial charge in [-0.1, -0.05) is 12.1 Å². The smallest absolute Gasteiger partial charge is 0.317 e. The van der Waals surface area contributed by atoms with E-state index in [4.69, 9.17) is 4.74 Å². The summed E-state index contributed by atoms with van der Waals surface area (Å²) in [6.45, 7) is 0.699. The number of hydrogen-bond acceptors (Lipinski definition) is 2. The van der Waals surface area contributed by atoms with Gasteiger partial charge in [-0.25, -0.2) is 13.6 Å². The maximum absolute atomic E-state index is 13.1. The highest BCUT2D eigenvalue weighted by molar-refractivity contribution is 5.74. The van der Waals surface area contributed by atoms with Crippen LogP contribution >= 0.6 is 0 Å². The molecule has 0 aliphatic heterocycles. The first kappa shape index (κ1) is 18.2. The molecule has 1 aliphatic rings. The second-order valence-electron chi connectivity index (χ2n) is 6.54. The number of ether oxygens (including phenoxy) is 1. The molecule has 0 radical (unpaired) electrons. The second-order valence-corrected chi connectivity index (χ2v) is 6.54. The van der Waals surface area contributed by atoms with Crippen molar-refractivity contribution in [2.75, 3.05) is 20.2 Å². The van der Waals surface area contributed by atoms with E-state index in [0.29, 0.717) is 24.8 Å². The minimum absolute atomic E-state index is 0.108. The van der Waals surface area contributed by atoms with E-state index >= 15 is 0 Å². The maximum atomic E-state index is 13.1. The van der Waals surface area contributed by atoms with E-state index in [1.807, 2.05) is 0 Å². The van der Waals surface area contributed by atoms with E-state index in [1.165, 1.54) is 24.3 Å². The highest BCUT2D eigenvalue weighted by Crippen LogP contribution is 2.41. The third kappa shape index (κ3) is 4.94. The number of benzene rings is 2. The summed E-state index contributed by atoms with van der Waals surface area (Å²) in [4.78, 5) is 14.0. The molecule has 1 aliphatic carbocycles. The van der Waals surface area contributed by atoms with Crippen molar-refractivity contribution in [1.29, 1.82) is 0 Å². The molecule has 3 rings (SSSR count). The lowest BCUT2D eigenvalue weighted by atomic mass is 10.0. The summed E-state index contributed by atoms with van der Waals surface area (Å²) in [6.07, 6.45) is 2.11. The fraction of sp³-hybridized carbons (Fsp3) is 0.350. The molecule has 26 heavy (non-hydrogen) atoms. The molecule has 1 atom stereocenters. The zero-order chi connectivity index (χ0) is 18.5. The van der Waals surface area contributed by atoms with Crippen LogP contribution in [0.5, 0.6) is 5.75 Å². The Labute approximate surface area is 151 Å². The number of halogens is 2. The number of amides is 2. The highest BCUT2D eigenvalue weighted by Gasteiger charge is 2.33. The van der Waals surface area contributed by atoms with Crippen LogP contribution in [0.4, 0.5) is 13.6 Å². The van der Waals surface area contributed by atoms with Gasteiger partial charge in [0.05, 0.1) is 12.6 Å². The van der Waals surface area contributed by atoms with E-state index < -0.39 is 0 Å². The van der Waals surface area contributed by atoms with Crippen molar-refractivity contribution in [3.63, 3.8) is 0 Å². The van der Waals surface area contributed by atoms with Crippen LogP contribution in [0.15, 0.2) is 48.5 Å². The third-order valence-electron chi connectivity index (χ3n) is 4.46. The lowest BCUT2D eigenvalue weighted by molar-refractivity contribution is 0.190. The van der Waals surface area contributed by atoms with Crippen LogP contribution in [-0.2, 0) is 0 Å². The predicted octanol–water partition coefficient (Wildman–Crippen LogP) is 4.14. The largest absolute Gasteiger partial charge is 0.492 e. The zero-order valence-corrected chi connectivity index (χ0v) is 14.6. The Morgan fingerprint density at radius 2 is 1.69 bits per heavy atom. The van der Waals surface area contributed by atoms with Crippen molar-refractivity contribution in [3.8, 4) is 5.75 Å². The van der Waals surface area contributed by atoms with Crippen LogP contribution in [0.3, 0.4) is 0 Å². The molecule has 138 valence electrons. The quantitative estimate of drug-likeness (QED) is 0.806. The van der Waals surface area contributed by atoms with Gasteiger partial charge in [0.15, 0.2) is 0 Å². The molecule has 0 heterocycles. The van der Waals surface area contributed by atoms with Crippen LogP contribution in [-0.4, -0.2) is 31.1 Å². The van der Waals surface area contributed by atoms with E-state index in [9.17, 15) is 13.6 Å². The Morgan fingerprint density at radius 3 is 2.27 bits per heavy atom. The standard InChI is InChI=1S/C20H22F2N2O2/c1-24(12-13-26-18-10-8-17(22)9-11-18)20(25)23-19(14-2-3-14)15-4-6-16(21)7-5-15/h4-11,14,19H,2-3,12-13H2,1H3,(H,23,25). The Hall–Kier alpha value is -2.63. The molecule has 1 unspecified atom stereocenters. The predicted molar refractivity (Wildman–Crippen MR) is 94.9 cm³/mol. The summed E-state index contributed by atoms with van der Waals surface area (Å²) in [7, 11) is 1.69. The molecule has 2 aromatic rings. The molecular formula is C20H22F2N2O2. The Kier molecular flexibility index (Phi) is 5.71. The number of nitrogens with zero attached hydrogens (tertiary/aromatic N) is 1. The summed E-state index contributed by atoms with van der Waals surface area (Å²) in [6, 6.07) is 11.7. The Bertz CT molecular complexity index is 730. The average Bonchev–Trinajstić information content (AvgIpc) is 3.47. The monoisotopic (exact) mass is 360 g/mol. The Balaban J connectivity index is 1.50. The van der Waals surface area contributed by atoms with Gasteiger partial charge in [0, 0.05) is 7.05 Å². The molecule has 0 saturated heterocycles. The van der Waals surface area contributed by atoms with Crippen molar-refractivity contribution < 1.29 is 18.3 Å². The van der Waals surface area contributed by atoms with Gasteiger partial charge in [-0.15, -0.1) is 0 Å². The van der Waals surface area contributed by atoms with Gasteiger partial charge in [0.2, 0.25) is 0 Å². The topological polar surface area (TPSA) is 41.6 Å². The molecule has 2 aromatic carbocycles. The first-order valence-corrected chi connectivity index (χ1v) is 8.68. The number of hydrogen-bond donors (Lipinski definition) is 1. The van der Waals surface area contributed by atoms with Gasteiger partial charge >= 0.3 is 6.03 Å². The first-order chi connectivity index (χ1) is 12.5. The first-order valence-electron chi connectivity index (χ1n) is 8.68. The second kappa shape index (κ2) is 8.17. The van der Waals surface area contributed by atoms with Crippen molar-refractivity contribution in [3.05, 3.63) is 65.7 Å². The fourth-order valence-electron chi connectivity index (χ4n) is 2.75. The summed E-state index contributed by atoms with van der Waals surface area (Å²) < 4.78 is 31.5. The molecule has 0 bridgehead atoms. The van der Waals surface area contributed by atoms with Gasteiger partial charge in [0.1, 0.15) is 24.0 Å². The van der Waals surface area contributed by atoms with Gasteiger partial charge < -0.3 is 15.0 Å². The van der Waals surface area contributed by atoms with Gasteiger partial charge in [-0.05, 0) is 60.7 Å². The van der Waals surface area contributed by atoms with Gasteiger partial charge in [-0.2, -0.15) is 0 Å². The van der Waals surface area contributed by atoms with E-state index in [2.05, 4.69) is 5.32 Å². The lowest BCUT2D eigenvalue weighted by Crippen LogP contribution is -2.41. The minimum Gasteiger partial charge on any atom is -0.492 e. The molecule has 1 N–H and O–H groups in total. The SMILES string of the molecule is CN(CCOc1ccc(F)cc1)C(=O)NC(c1ccc(F)cc1)C1CC1. The molecule has 1 fully saturated rings. The normalized spacial score (nSPS) is 14.6. The van der Waals surface area contributed by atoms with E-state index in [0.717, 1.165) is 18.4 Å². The van der Waals surface area contributed by atoms with Crippen LogP contribution in [0.25, 0.3) is 0 Å². The molecule has 4 nitrogen and oxygen atoms in total. The summed E-state index contributed by atoms with van der Waals surface area (Å²) in [5, 5.41) is 3.03. The molecule has 6 heteroatoms. The van der Waals surface area contributed by atoms with Crippen molar-refractivity contribution in [2.24, 2.45) is 5.92 Å². The summed E-state index contributed by atoms with van der Waals surface area (Å²) in [5.74, 6) is 0.348. The van der Waals surface area contributed by atoms with Crippen LogP contribution in [0.1, 0.15) is 24.4 Å². The number of rotatable bonds is 7. The molecule has 0 aromatic heterocycles. The number of carbonyl (C=O) groups is 1. The maximum Gasteiger partial charge on any atom is 0.317 e. The van der Waals surface area contributed by atoms with Crippen LogP contribution in [0.2, 0.25) is 0 Å². The Morgan fingerprint density at radius 1 is 1.12 bits per heavy atom. The summed E-state index contributed by atoms with van der Waals surface area (Å²) in [5.41, 5.74) is 0.915. The number of likely N-dealkylation sites (N-methyl/N-ethyl adjacent to an activating group) is 1. The number of urea groups is 1. The molecule has 0 spiro atoms. The molecule has 1 saturated carbocycles. The highest BCUT2D eigenvalue weighted by atomic mass is 19.1. The van der Waals surface area contributed by atoms with Gasteiger partial charge in [-0.3, -0.25) is 0 Å². The van der Waals surface area contributed by atoms with E-state index in [-0.39, 0.29) is 23.7 Å². The molecular weight excluding hydrogens is 338 g/mol. The van der Waals surface area contributed by atoms with Crippen molar-refractivity contribution in [1.82, 2.24) is 10.2 Å². The number of nitrogens with one attached hydrogen (secondary N) is 1. The lowest BCUT2D eigenvalue weighted by Gasteiger charge is -2.24. The van der Waals surface area contributed by atoms with Crippen molar-refractivity contribution >= 4 is 6.03 Å².